The van der Waals surface area contributed by atoms with Crippen LogP contribution in [-0.2, 0) is 17.8 Å². The zero-order chi connectivity index (χ0) is 15.7. The Bertz CT molecular complexity index is 746. The van der Waals surface area contributed by atoms with Gasteiger partial charge in [-0.15, -0.1) is 11.3 Å². The van der Waals surface area contributed by atoms with Gasteiger partial charge in [0.1, 0.15) is 10.8 Å². The molecule has 8 heteroatoms. The fourth-order valence-corrected chi connectivity index (χ4v) is 3.03. The maximum atomic E-state index is 12.1. The summed E-state index contributed by atoms with van der Waals surface area (Å²) in [6, 6.07) is 5.23. The van der Waals surface area contributed by atoms with Crippen molar-refractivity contribution in [3.8, 4) is 5.75 Å². The van der Waals surface area contributed by atoms with E-state index < -0.39 is 12.1 Å². The van der Waals surface area contributed by atoms with E-state index in [1.807, 2.05) is 0 Å². The number of amides is 1. The highest BCUT2D eigenvalue weighted by Crippen LogP contribution is 2.31. The quantitative estimate of drug-likeness (QED) is 0.891. The first-order chi connectivity index (χ1) is 10.5. The summed E-state index contributed by atoms with van der Waals surface area (Å²) in [4.78, 5) is 26.8. The van der Waals surface area contributed by atoms with Crippen LogP contribution in [0.1, 0.15) is 21.1 Å². The van der Waals surface area contributed by atoms with Crippen molar-refractivity contribution >= 4 is 34.8 Å². The highest BCUT2D eigenvalue weighted by Gasteiger charge is 2.29. The van der Waals surface area contributed by atoms with E-state index in [0.29, 0.717) is 22.2 Å². The number of carbonyl (C=O) groups excluding carboxylic acids is 1. The van der Waals surface area contributed by atoms with Gasteiger partial charge in [0, 0.05) is 16.8 Å². The topological polar surface area (TPSA) is 88.5 Å². The SMILES string of the molecule is O=C(O)c1csc(CNC(=O)C2Cc3cc(Cl)ccc3O2)n1. The highest BCUT2D eigenvalue weighted by molar-refractivity contribution is 7.09. The largest absolute Gasteiger partial charge is 0.480 e. The standard InChI is InChI=1S/C14H11ClN2O4S/c15-8-1-2-10-7(3-8)4-11(21-10)13(18)16-5-12-17-9(6-22-12)14(19)20/h1-3,6,11H,4-5H2,(H,16,18)(H,19,20). The fourth-order valence-electron chi connectivity index (χ4n) is 2.13. The van der Waals surface area contributed by atoms with Crippen LogP contribution in [0.3, 0.4) is 0 Å². The van der Waals surface area contributed by atoms with Crippen molar-refractivity contribution in [3.05, 3.63) is 44.9 Å². The molecule has 2 heterocycles. The molecular weight excluding hydrogens is 328 g/mol. The number of aromatic nitrogens is 1. The molecule has 0 radical (unpaired) electrons. The number of aromatic carboxylic acids is 1. The normalized spacial score (nSPS) is 16.0. The molecule has 1 aromatic carbocycles. The molecule has 114 valence electrons. The van der Waals surface area contributed by atoms with Crippen molar-refractivity contribution in [2.45, 2.75) is 19.1 Å². The molecule has 0 fully saturated rings. The number of carboxylic acids is 1. The number of rotatable bonds is 4. The van der Waals surface area contributed by atoms with Crippen molar-refractivity contribution in [2.75, 3.05) is 0 Å². The Morgan fingerprint density at radius 3 is 3.05 bits per heavy atom. The second kappa shape index (κ2) is 5.94. The predicted molar refractivity (Wildman–Crippen MR) is 80.5 cm³/mol. The third kappa shape index (κ3) is 3.05. The van der Waals surface area contributed by atoms with Crippen LogP contribution in [0.5, 0.6) is 5.75 Å². The smallest absolute Gasteiger partial charge is 0.355 e. The van der Waals surface area contributed by atoms with Crippen molar-refractivity contribution in [3.63, 3.8) is 0 Å². The van der Waals surface area contributed by atoms with Gasteiger partial charge >= 0.3 is 5.97 Å². The van der Waals surface area contributed by atoms with Gasteiger partial charge in [-0.1, -0.05) is 11.6 Å². The first-order valence-electron chi connectivity index (χ1n) is 6.43. The molecule has 1 aliphatic heterocycles. The third-order valence-electron chi connectivity index (χ3n) is 3.17. The summed E-state index contributed by atoms with van der Waals surface area (Å²) in [5.74, 6) is -0.688. The van der Waals surface area contributed by atoms with Crippen molar-refractivity contribution < 1.29 is 19.4 Å². The van der Waals surface area contributed by atoms with Crippen LogP contribution in [0.2, 0.25) is 5.02 Å². The van der Waals surface area contributed by atoms with Gasteiger partial charge in [0.25, 0.3) is 5.91 Å². The van der Waals surface area contributed by atoms with Gasteiger partial charge in [0.15, 0.2) is 11.8 Å². The lowest BCUT2D eigenvalue weighted by Gasteiger charge is -2.10. The first kappa shape index (κ1) is 14.8. The molecule has 1 aliphatic rings. The van der Waals surface area contributed by atoms with E-state index in [1.54, 1.807) is 18.2 Å². The average molecular weight is 339 g/mol. The van der Waals surface area contributed by atoms with Crippen molar-refractivity contribution in [2.24, 2.45) is 0 Å². The van der Waals surface area contributed by atoms with Gasteiger partial charge in [-0.05, 0) is 23.8 Å². The number of fused-ring (bicyclic) bond motifs is 1. The number of halogens is 1. The van der Waals surface area contributed by atoms with Gasteiger partial charge in [0.2, 0.25) is 0 Å². The van der Waals surface area contributed by atoms with Crippen LogP contribution in [0.15, 0.2) is 23.6 Å². The molecular formula is C14H11ClN2O4S. The number of hydrogen-bond acceptors (Lipinski definition) is 5. The van der Waals surface area contributed by atoms with E-state index in [4.69, 9.17) is 21.4 Å². The molecule has 0 aliphatic carbocycles. The minimum Gasteiger partial charge on any atom is -0.480 e. The number of carbonyl (C=O) groups is 2. The molecule has 2 aromatic rings. The number of thiazole rings is 1. The summed E-state index contributed by atoms with van der Waals surface area (Å²) in [7, 11) is 0. The van der Waals surface area contributed by atoms with E-state index in [1.165, 1.54) is 16.7 Å². The molecule has 0 spiro atoms. The van der Waals surface area contributed by atoms with Gasteiger partial charge in [-0.25, -0.2) is 9.78 Å². The van der Waals surface area contributed by atoms with Crippen LogP contribution >= 0.6 is 22.9 Å². The summed E-state index contributed by atoms with van der Waals surface area (Å²) in [5, 5.41) is 14.1. The van der Waals surface area contributed by atoms with Crippen LogP contribution in [0.4, 0.5) is 0 Å². The van der Waals surface area contributed by atoms with E-state index in [0.717, 1.165) is 5.56 Å². The van der Waals surface area contributed by atoms with Crippen LogP contribution in [-0.4, -0.2) is 28.1 Å². The van der Waals surface area contributed by atoms with Crippen molar-refractivity contribution in [1.82, 2.24) is 10.3 Å². The first-order valence-corrected chi connectivity index (χ1v) is 7.69. The Morgan fingerprint density at radius 1 is 1.50 bits per heavy atom. The summed E-state index contributed by atoms with van der Waals surface area (Å²) < 4.78 is 5.57. The Hall–Kier alpha value is -2.12. The molecule has 6 nitrogen and oxygen atoms in total. The number of hydrogen-bond donors (Lipinski definition) is 2. The van der Waals surface area contributed by atoms with Gasteiger partial charge in [0.05, 0.1) is 6.54 Å². The fraction of sp³-hybridized carbons (Fsp3) is 0.214. The van der Waals surface area contributed by atoms with E-state index in [9.17, 15) is 9.59 Å². The molecule has 0 bridgehead atoms. The monoisotopic (exact) mass is 338 g/mol. The molecule has 1 aromatic heterocycles. The molecule has 3 rings (SSSR count). The second-order valence-corrected chi connectivity index (χ2v) is 6.09. The minimum atomic E-state index is -1.08. The Balaban J connectivity index is 1.58. The van der Waals surface area contributed by atoms with Crippen molar-refractivity contribution in [1.29, 1.82) is 0 Å². The third-order valence-corrected chi connectivity index (χ3v) is 4.26. The molecule has 1 unspecified atom stereocenters. The number of carboxylic acid groups (broad SMARTS) is 1. The Labute approximate surface area is 134 Å². The number of nitrogens with zero attached hydrogens (tertiary/aromatic N) is 1. The number of benzene rings is 1. The second-order valence-electron chi connectivity index (χ2n) is 4.71. The zero-order valence-electron chi connectivity index (χ0n) is 11.2. The minimum absolute atomic E-state index is 0.0200. The Kier molecular flexibility index (Phi) is 4.00. The number of nitrogens with one attached hydrogen (secondary N) is 1. The van der Waals surface area contributed by atoms with E-state index in [2.05, 4.69) is 10.3 Å². The lowest BCUT2D eigenvalue weighted by Crippen LogP contribution is -2.37. The molecule has 1 amide bonds. The van der Waals surface area contributed by atoms with Gasteiger partial charge in [-0.3, -0.25) is 4.79 Å². The molecule has 22 heavy (non-hydrogen) atoms. The van der Waals surface area contributed by atoms with Gasteiger partial charge in [-0.2, -0.15) is 0 Å². The number of ether oxygens (including phenoxy) is 1. The summed E-state index contributed by atoms with van der Waals surface area (Å²) in [6.45, 7) is 0.174. The molecule has 0 saturated heterocycles. The zero-order valence-corrected chi connectivity index (χ0v) is 12.8. The maximum Gasteiger partial charge on any atom is 0.355 e. The average Bonchev–Trinajstić information content (AvgIpc) is 3.10. The Morgan fingerprint density at radius 2 is 2.32 bits per heavy atom. The maximum absolute atomic E-state index is 12.1. The summed E-state index contributed by atoms with van der Waals surface area (Å²) in [5.41, 5.74) is 0.878. The van der Waals surface area contributed by atoms with Crippen LogP contribution in [0, 0.1) is 0 Å². The molecule has 1 atom stereocenters. The lowest BCUT2D eigenvalue weighted by atomic mass is 10.1. The molecule has 2 N–H and O–H groups in total. The van der Waals surface area contributed by atoms with E-state index in [-0.39, 0.29) is 18.1 Å². The molecule has 0 saturated carbocycles. The predicted octanol–water partition coefficient (Wildman–Crippen LogP) is 2.11. The van der Waals surface area contributed by atoms with Crippen LogP contribution < -0.4 is 10.1 Å². The van der Waals surface area contributed by atoms with E-state index >= 15 is 0 Å². The highest BCUT2D eigenvalue weighted by atomic mass is 35.5. The summed E-state index contributed by atoms with van der Waals surface area (Å²) >= 11 is 7.10. The van der Waals surface area contributed by atoms with Gasteiger partial charge < -0.3 is 15.2 Å². The van der Waals surface area contributed by atoms with Crippen LogP contribution in [0.25, 0.3) is 0 Å². The lowest BCUT2D eigenvalue weighted by molar-refractivity contribution is -0.127. The summed E-state index contributed by atoms with van der Waals surface area (Å²) in [6.07, 6.45) is -0.146.